The Hall–Kier alpha value is -1.27. The van der Waals surface area contributed by atoms with Gasteiger partial charge < -0.3 is 15.0 Å². The molecule has 1 amide bonds. The molecular formula is C16H25N3O2S. The van der Waals surface area contributed by atoms with Gasteiger partial charge in [0.05, 0.1) is 12.2 Å². The predicted molar refractivity (Wildman–Crippen MR) is 91.3 cm³/mol. The van der Waals surface area contributed by atoms with E-state index in [0.29, 0.717) is 13.0 Å². The van der Waals surface area contributed by atoms with Crippen LogP contribution >= 0.6 is 11.8 Å². The Kier molecular flexibility index (Phi) is 6.51. The lowest BCUT2D eigenvalue weighted by molar-refractivity contribution is -0.120. The van der Waals surface area contributed by atoms with Gasteiger partial charge in [0.1, 0.15) is 5.82 Å². The van der Waals surface area contributed by atoms with E-state index in [1.54, 1.807) is 11.8 Å². The van der Waals surface area contributed by atoms with Gasteiger partial charge in [0.15, 0.2) is 0 Å². The monoisotopic (exact) mass is 323 g/mol. The molecule has 2 heterocycles. The van der Waals surface area contributed by atoms with Crippen molar-refractivity contribution in [2.75, 3.05) is 30.0 Å². The lowest BCUT2D eigenvalue weighted by Crippen LogP contribution is -2.45. The molecule has 6 heteroatoms. The van der Waals surface area contributed by atoms with Crippen molar-refractivity contribution in [3.8, 4) is 0 Å². The SMILES string of the molecule is CSCCC(=O)NCc1ccc(N2C[C@H](C)O[C@@H](C)C2)nc1. The Morgan fingerprint density at radius 2 is 2.14 bits per heavy atom. The van der Waals surface area contributed by atoms with Gasteiger partial charge in [-0.1, -0.05) is 6.07 Å². The number of ether oxygens (including phenoxy) is 1. The molecule has 0 aliphatic carbocycles. The van der Waals surface area contributed by atoms with Crippen LogP contribution in [-0.4, -0.2) is 48.2 Å². The minimum Gasteiger partial charge on any atom is -0.372 e. The second-order valence-electron chi connectivity index (χ2n) is 5.71. The number of rotatable bonds is 6. The quantitative estimate of drug-likeness (QED) is 0.868. The van der Waals surface area contributed by atoms with Crippen LogP contribution in [0.15, 0.2) is 18.3 Å². The van der Waals surface area contributed by atoms with E-state index in [-0.39, 0.29) is 18.1 Å². The lowest BCUT2D eigenvalue weighted by atomic mass is 10.2. The standard InChI is InChI=1S/C16H25N3O2S/c1-12-10-19(11-13(2)21-12)15-5-4-14(8-17-15)9-18-16(20)6-7-22-3/h4-5,8,12-13H,6-7,9-11H2,1-3H3,(H,18,20)/t12-,13-/m0/s1. The van der Waals surface area contributed by atoms with Crippen LogP contribution in [-0.2, 0) is 16.1 Å². The van der Waals surface area contributed by atoms with Gasteiger partial charge in [-0.2, -0.15) is 11.8 Å². The first-order valence-corrected chi connectivity index (χ1v) is 9.09. The fraction of sp³-hybridized carbons (Fsp3) is 0.625. The molecule has 0 spiro atoms. The number of carbonyl (C=O) groups is 1. The highest BCUT2D eigenvalue weighted by Crippen LogP contribution is 2.18. The molecule has 0 radical (unpaired) electrons. The number of nitrogens with one attached hydrogen (secondary N) is 1. The number of hydrogen-bond donors (Lipinski definition) is 1. The summed E-state index contributed by atoms with van der Waals surface area (Å²) in [6, 6.07) is 4.05. The number of thioether (sulfide) groups is 1. The Bertz CT molecular complexity index is 471. The first kappa shape index (κ1) is 17.1. The molecular weight excluding hydrogens is 298 g/mol. The van der Waals surface area contributed by atoms with Crippen molar-refractivity contribution in [1.82, 2.24) is 10.3 Å². The molecule has 1 fully saturated rings. The number of anilines is 1. The third kappa shape index (κ3) is 5.18. The number of hydrogen-bond acceptors (Lipinski definition) is 5. The van der Waals surface area contributed by atoms with E-state index in [1.165, 1.54) is 0 Å². The van der Waals surface area contributed by atoms with Gasteiger partial charge in [0, 0.05) is 38.0 Å². The van der Waals surface area contributed by atoms with Crippen molar-refractivity contribution in [2.24, 2.45) is 0 Å². The highest BCUT2D eigenvalue weighted by Gasteiger charge is 2.22. The van der Waals surface area contributed by atoms with Crippen molar-refractivity contribution in [2.45, 2.75) is 39.0 Å². The maximum Gasteiger partial charge on any atom is 0.221 e. The summed E-state index contributed by atoms with van der Waals surface area (Å²) in [5.41, 5.74) is 1.02. The molecule has 2 rings (SSSR count). The smallest absolute Gasteiger partial charge is 0.221 e. The first-order chi connectivity index (χ1) is 10.6. The average molecular weight is 323 g/mol. The van der Waals surface area contributed by atoms with Crippen LogP contribution in [0.25, 0.3) is 0 Å². The minimum absolute atomic E-state index is 0.0919. The summed E-state index contributed by atoms with van der Waals surface area (Å²) in [5.74, 6) is 1.92. The van der Waals surface area contributed by atoms with Crippen molar-refractivity contribution in [3.63, 3.8) is 0 Å². The summed E-state index contributed by atoms with van der Waals surface area (Å²) < 4.78 is 5.74. The summed E-state index contributed by atoms with van der Waals surface area (Å²) >= 11 is 1.68. The van der Waals surface area contributed by atoms with Gasteiger partial charge in [0.2, 0.25) is 5.91 Å². The van der Waals surface area contributed by atoms with Crippen LogP contribution in [0.3, 0.4) is 0 Å². The Labute approximate surface area is 136 Å². The Morgan fingerprint density at radius 1 is 1.41 bits per heavy atom. The second-order valence-corrected chi connectivity index (χ2v) is 6.69. The normalized spacial score (nSPS) is 21.7. The molecule has 0 saturated carbocycles. The maximum absolute atomic E-state index is 11.6. The number of pyridine rings is 1. The molecule has 122 valence electrons. The summed E-state index contributed by atoms with van der Waals surface area (Å²) in [6.45, 7) is 6.43. The molecule has 2 atom stereocenters. The third-order valence-electron chi connectivity index (χ3n) is 3.58. The summed E-state index contributed by atoms with van der Waals surface area (Å²) in [5, 5.41) is 2.92. The van der Waals surface area contributed by atoms with Gasteiger partial charge in [-0.3, -0.25) is 4.79 Å². The van der Waals surface area contributed by atoms with Crippen LogP contribution < -0.4 is 10.2 Å². The summed E-state index contributed by atoms with van der Waals surface area (Å²) in [7, 11) is 0. The van der Waals surface area contributed by atoms with Crippen LogP contribution in [0, 0.1) is 0 Å². The molecule has 1 aromatic heterocycles. The number of morpholine rings is 1. The zero-order chi connectivity index (χ0) is 15.9. The van der Waals surface area contributed by atoms with Crippen molar-refractivity contribution >= 4 is 23.5 Å². The van der Waals surface area contributed by atoms with Crippen molar-refractivity contribution in [3.05, 3.63) is 23.9 Å². The third-order valence-corrected chi connectivity index (χ3v) is 4.19. The Morgan fingerprint density at radius 3 is 2.73 bits per heavy atom. The van der Waals surface area contributed by atoms with E-state index in [0.717, 1.165) is 30.2 Å². The van der Waals surface area contributed by atoms with Gasteiger partial charge in [-0.15, -0.1) is 0 Å². The second kappa shape index (κ2) is 8.39. The van der Waals surface area contributed by atoms with Gasteiger partial charge in [0.25, 0.3) is 0 Å². The molecule has 0 aromatic carbocycles. The van der Waals surface area contributed by atoms with Gasteiger partial charge >= 0.3 is 0 Å². The zero-order valence-corrected chi connectivity index (χ0v) is 14.4. The van der Waals surface area contributed by atoms with E-state index in [2.05, 4.69) is 29.0 Å². The largest absolute Gasteiger partial charge is 0.372 e. The molecule has 1 aliphatic rings. The van der Waals surface area contributed by atoms with E-state index < -0.39 is 0 Å². The lowest BCUT2D eigenvalue weighted by Gasteiger charge is -2.36. The van der Waals surface area contributed by atoms with Crippen molar-refractivity contribution < 1.29 is 9.53 Å². The number of nitrogens with zero attached hydrogens (tertiary/aromatic N) is 2. The number of aromatic nitrogens is 1. The number of amides is 1. The average Bonchev–Trinajstić information content (AvgIpc) is 2.50. The maximum atomic E-state index is 11.6. The fourth-order valence-electron chi connectivity index (χ4n) is 2.56. The highest BCUT2D eigenvalue weighted by molar-refractivity contribution is 7.98. The minimum atomic E-state index is 0.0919. The topological polar surface area (TPSA) is 54.5 Å². The highest BCUT2D eigenvalue weighted by atomic mass is 32.2. The molecule has 1 N–H and O–H groups in total. The molecule has 1 aliphatic heterocycles. The first-order valence-electron chi connectivity index (χ1n) is 7.69. The van der Waals surface area contributed by atoms with E-state index >= 15 is 0 Å². The molecule has 0 bridgehead atoms. The van der Waals surface area contributed by atoms with Gasteiger partial charge in [-0.05, 0) is 31.7 Å². The molecule has 22 heavy (non-hydrogen) atoms. The molecule has 1 aromatic rings. The fourth-order valence-corrected chi connectivity index (χ4v) is 2.95. The van der Waals surface area contributed by atoms with E-state index in [9.17, 15) is 4.79 Å². The van der Waals surface area contributed by atoms with E-state index in [4.69, 9.17) is 4.74 Å². The Balaban J connectivity index is 1.86. The molecule has 0 unspecified atom stereocenters. The molecule has 5 nitrogen and oxygen atoms in total. The van der Waals surface area contributed by atoms with Crippen LogP contribution in [0.2, 0.25) is 0 Å². The van der Waals surface area contributed by atoms with E-state index in [1.807, 2.05) is 24.6 Å². The number of carbonyl (C=O) groups excluding carboxylic acids is 1. The van der Waals surface area contributed by atoms with Crippen LogP contribution in [0.1, 0.15) is 25.8 Å². The summed E-state index contributed by atoms with van der Waals surface area (Å²) in [4.78, 5) is 18.4. The zero-order valence-electron chi connectivity index (χ0n) is 13.5. The van der Waals surface area contributed by atoms with Crippen LogP contribution in [0.4, 0.5) is 5.82 Å². The molecule has 1 saturated heterocycles. The predicted octanol–water partition coefficient (Wildman–Crippen LogP) is 2.06. The van der Waals surface area contributed by atoms with Crippen molar-refractivity contribution in [1.29, 1.82) is 0 Å². The van der Waals surface area contributed by atoms with Crippen LogP contribution in [0.5, 0.6) is 0 Å². The van der Waals surface area contributed by atoms with Gasteiger partial charge in [-0.25, -0.2) is 4.98 Å². The summed E-state index contributed by atoms with van der Waals surface area (Å²) in [6.07, 6.45) is 4.86.